The maximum atomic E-state index is 12.5. The van der Waals surface area contributed by atoms with Gasteiger partial charge in [-0.25, -0.2) is 0 Å². The molecule has 3 nitrogen and oxygen atoms in total. The number of carbonyl (C=O) groups excluding carboxylic acids is 1. The summed E-state index contributed by atoms with van der Waals surface area (Å²) in [4.78, 5) is 17.2. The van der Waals surface area contributed by atoms with E-state index in [1.54, 1.807) is 0 Å². The van der Waals surface area contributed by atoms with E-state index in [4.69, 9.17) is 9.72 Å². The zero-order valence-electron chi connectivity index (χ0n) is 18.0. The average Bonchev–Trinajstić information content (AvgIpc) is 3.05. The molecule has 6 atom stereocenters. The number of hydrogen-bond acceptors (Lipinski definition) is 3. The quantitative estimate of drug-likeness (QED) is 0.586. The van der Waals surface area contributed by atoms with Crippen LogP contribution in [0, 0.1) is 36.5 Å². The van der Waals surface area contributed by atoms with E-state index in [9.17, 15) is 4.79 Å². The molecule has 5 rings (SSSR count). The average molecular weight is 402 g/mol. The van der Waals surface area contributed by atoms with E-state index < -0.39 is 0 Å². The number of aryl methyl sites for hydroxylation is 1. The Morgan fingerprint density at radius 2 is 1.97 bits per heavy atom. The predicted molar refractivity (Wildman–Crippen MR) is 120 cm³/mol. The van der Waals surface area contributed by atoms with Gasteiger partial charge in [0.15, 0.2) is 0 Å². The largest absolute Gasteiger partial charge is 0.462 e. The van der Waals surface area contributed by atoms with Crippen molar-refractivity contribution in [3.63, 3.8) is 0 Å². The van der Waals surface area contributed by atoms with Crippen LogP contribution >= 0.6 is 0 Å². The van der Waals surface area contributed by atoms with E-state index in [2.05, 4.69) is 62.4 Å². The topological polar surface area (TPSA) is 39.2 Å². The number of carbonyl (C=O) groups is 1. The first kappa shape index (κ1) is 19.5. The summed E-state index contributed by atoms with van der Waals surface area (Å²) in [7, 11) is 0. The first-order valence-electron chi connectivity index (χ1n) is 11.5. The van der Waals surface area contributed by atoms with Crippen molar-refractivity contribution in [3.8, 4) is 11.1 Å². The van der Waals surface area contributed by atoms with Gasteiger partial charge in [0.2, 0.25) is 0 Å². The van der Waals surface area contributed by atoms with Crippen molar-refractivity contribution in [2.45, 2.75) is 52.1 Å². The number of pyridine rings is 1. The lowest BCUT2D eigenvalue weighted by atomic mass is 9.57. The number of benzene rings is 1. The Kier molecular flexibility index (Phi) is 5.22. The van der Waals surface area contributed by atoms with Crippen LogP contribution in [0.1, 0.15) is 50.3 Å². The highest BCUT2D eigenvalue weighted by Gasteiger charge is 2.53. The highest BCUT2D eigenvalue weighted by Crippen LogP contribution is 2.53. The molecule has 1 aromatic carbocycles. The van der Waals surface area contributed by atoms with E-state index in [0.717, 1.165) is 17.7 Å². The molecule has 3 aliphatic rings. The lowest BCUT2D eigenvalue weighted by Crippen LogP contribution is -2.42. The maximum Gasteiger partial charge on any atom is 0.309 e. The summed E-state index contributed by atoms with van der Waals surface area (Å²) < 4.78 is 5.68. The molecule has 2 aliphatic carbocycles. The van der Waals surface area contributed by atoms with Gasteiger partial charge in [0, 0.05) is 17.7 Å². The third-order valence-electron chi connectivity index (χ3n) is 7.70. The van der Waals surface area contributed by atoms with E-state index >= 15 is 0 Å². The molecule has 30 heavy (non-hydrogen) atoms. The normalized spacial score (nSPS) is 33.2. The minimum atomic E-state index is 0.0247. The number of fused-ring (bicyclic) bond motifs is 2. The number of aromatic nitrogens is 1. The summed E-state index contributed by atoms with van der Waals surface area (Å²) >= 11 is 0. The number of hydrogen-bond donors (Lipinski definition) is 0. The van der Waals surface area contributed by atoms with Gasteiger partial charge in [-0.15, -0.1) is 0 Å². The van der Waals surface area contributed by atoms with Crippen molar-refractivity contribution in [1.82, 2.24) is 4.98 Å². The van der Waals surface area contributed by atoms with Crippen LogP contribution in [0.4, 0.5) is 0 Å². The second-order valence-corrected chi connectivity index (χ2v) is 9.55. The maximum absolute atomic E-state index is 12.5. The molecule has 1 saturated heterocycles. The molecule has 3 heteroatoms. The minimum absolute atomic E-state index is 0.0247. The first-order valence-corrected chi connectivity index (χ1v) is 11.5. The van der Waals surface area contributed by atoms with Gasteiger partial charge in [-0.05, 0) is 62.1 Å². The molecule has 2 saturated carbocycles. The first-order chi connectivity index (χ1) is 14.6. The van der Waals surface area contributed by atoms with Gasteiger partial charge >= 0.3 is 5.97 Å². The van der Waals surface area contributed by atoms with Crippen molar-refractivity contribution in [2.75, 3.05) is 0 Å². The Hall–Kier alpha value is -2.42. The minimum Gasteiger partial charge on any atom is -0.462 e. The Bertz CT molecular complexity index is 948. The lowest BCUT2D eigenvalue weighted by Gasteiger charge is -2.45. The van der Waals surface area contributed by atoms with E-state index in [0.29, 0.717) is 23.7 Å². The molecule has 3 fully saturated rings. The highest BCUT2D eigenvalue weighted by molar-refractivity contribution is 5.75. The smallest absolute Gasteiger partial charge is 0.309 e. The van der Waals surface area contributed by atoms with Gasteiger partial charge in [0.1, 0.15) is 6.10 Å². The summed E-state index contributed by atoms with van der Waals surface area (Å²) in [5.41, 5.74) is 4.59. The van der Waals surface area contributed by atoms with E-state index in [1.165, 1.54) is 36.8 Å². The second-order valence-electron chi connectivity index (χ2n) is 9.55. The third-order valence-corrected chi connectivity index (χ3v) is 7.70. The van der Waals surface area contributed by atoms with Gasteiger partial charge in [-0.3, -0.25) is 9.78 Å². The third kappa shape index (κ3) is 3.59. The second kappa shape index (κ2) is 8.02. The molecule has 0 bridgehead atoms. The summed E-state index contributed by atoms with van der Waals surface area (Å²) in [5.74, 6) is 2.21. The van der Waals surface area contributed by atoms with Crippen LogP contribution in [0.25, 0.3) is 17.2 Å². The lowest BCUT2D eigenvalue weighted by molar-refractivity contribution is -0.144. The van der Waals surface area contributed by atoms with E-state index in [-0.39, 0.29) is 18.0 Å². The van der Waals surface area contributed by atoms with Crippen molar-refractivity contribution in [3.05, 3.63) is 59.9 Å². The van der Waals surface area contributed by atoms with Crippen LogP contribution in [0.3, 0.4) is 0 Å². The van der Waals surface area contributed by atoms with Crippen molar-refractivity contribution < 1.29 is 9.53 Å². The molecule has 0 unspecified atom stereocenters. The van der Waals surface area contributed by atoms with Gasteiger partial charge in [0.05, 0.1) is 11.6 Å². The number of nitrogens with zero attached hydrogens (tertiary/aromatic N) is 1. The van der Waals surface area contributed by atoms with Crippen molar-refractivity contribution in [2.24, 2.45) is 29.6 Å². The highest BCUT2D eigenvalue weighted by atomic mass is 16.6. The van der Waals surface area contributed by atoms with Crippen molar-refractivity contribution in [1.29, 1.82) is 0 Å². The molecule has 0 radical (unpaired) electrons. The molecule has 1 aliphatic heterocycles. The molecule has 2 heterocycles. The Morgan fingerprint density at radius 3 is 2.77 bits per heavy atom. The Labute approximate surface area is 179 Å². The molecule has 0 spiro atoms. The summed E-state index contributed by atoms with van der Waals surface area (Å²) in [6, 6.07) is 12.8. The van der Waals surface area contributed by atoms with Gasteiger partial charge in [0.25, 0.3) is 0 Å². The monoisotopic (exact) mass is 401 g/mol. The molecular formula is C27H31NO2. The number of cyclic esters (lactones) is 1. The zero-order chi connectivity index (χ0) is 20.7. The zero-order valence-corrected chi connectivity index (χ0v) is 18.0. The summed E-state index contributed by atoms with van der Waals surface area (Å²) in [5, 5.41) is 0. The van der Waals surface area contributed by atoms with Crippen LogP contribution in [0.5, 0.6) is 0 Å². The van der Waals surface area contributed by atoms with Crippen LogP contribution in [0.2, 0.25) is 0 Å². The fraction of sp³-hybridized carbons (Fsp3) is 0.481. The van der Waals surface area contributed by atoms with Gasteiger partial charge < -0.3 is 4.74 Å². The fourth-order valence-electron chi connectivity index (χ4n) is 6.30. The predicted octanol–water partition coefficient (Wildman–Crippen LogP) is 6.07. The molecular weight excluding hydrogens is 370 g/mol. The van der Waals surface area contributed by atoms with Gasteiger partial charge in [-0.1, -0.05) is 61.2 Å². The van der Waals surface area contributed by atoms with Gasteiger partial charge in [-0.2, -0.15) is 0 Å². The molecule has 0 N–H and O–H groups in total. The van der Waals surface area contributed by atoms with Crippen LogP contribution < -0.4 is 0 Å². The van der Waals surface area contributed by atoms with Crippen LogP contribution in [0.15, 0.2) is 48.7 Å². The number of allylic oxidation sites excluding steroid dienone is 1. The molecule has 156 valence electrons. The van der Waals surface area contributed by atoms with E-state index in [1.807, 2.05) is 6.20 Å². The molecule has 1 aromatic heterocycles. The van der Waals surface area contributed by atoms with Crippen LogP contribution in [-0.4, -0.2) is 17.1 Å². The summed E-state index contributed by atoms with van der Waals surface area (Å²) in [6.07, 6.45) is 12.7. The Balaban J connectivity index is 1.39. The molecule has 0 amide bonds. The fourth-order valence-corrected chi connectivity index (χ4v) is 6.30. The number of rotatable bonds is 3. The van der Waals surface area contributed by atoms with Crippen molar-refractivity contribution >= 4 is 12.0 Å². The number of ether oxygens (including phenoxy) is 1. The van der Waals surface area contributed by atoms with Crippen LogP contribution in [-0.2, 0) is 9.53 Å². The summed E-state index contributed by atoms with van der Waals surface area (Å²) in [6.45, 7) is 4.20. The SMILES string of the molecule is Cc1cccc(-c2ccc(/C=C/[C@H]3[C@@H]4CCCC[C@H]4C[C@H]4C(=O)O[C@H](C)[C@@H]34)nc2)c1. The number of esters is 1. The Morgan fingerprint density at radius 1 is 1.10 bits per heavy atom. The molecule has 2 aromatic rings. The standard InChI is InChI=1S/C27H31NO2/c1-17-6-5-8-19(14-17)21-10-11-22(28-16-21)12-13-24-23-9-4-3-7-20(23)15-25-26(24)18(2)30-27(25)29/h5-6,8,10-14,16,18,20,23-26H,3-4,7,9,15H2,1-2H3/b13-12+/t18-,20+,23-,24+,25-,26+/m1/s1.